The van der Waals surface area contributed by atoms with Crippen LogP contribution >= 0.6 is 0 Å². The van der Waals surface area contributed by atoms with Crippen LogP contribution < -0.4 is 0 Å². The fourth-order valence-corrected chi connectivity index (χ4v) is 4.35. The Morgan fingerprint density at radius 3 is 2.39 bits per heavy atom. The average Bonchev–Trinajstić information content (AvgIpc) is 2.59. The SMILES string of the molecule is CC1=C(O[Si](C)(C)C)CC[C@H]1[C@@H]1CCCCC1=O. The molecule has 0 aromatic carbocycles. The molecule has 102 valence electrons. The minimum Gasteiger partial charge on any atom is -0.547 e. The lowest BCUT2D eigenvalue weighted by atomic mass is 9.76. The Kier molecular flexibility index (Phi) is 4.00. The second-order valence-corrected chi connectivity index (χ2v) is 11.2. The zero-order valence-electron chi connectivity index (χ0n) is 12.2. The molecule has 0 radical (unpaired) electrons. The van der Waals surface area contributed by atoms with Crippen LogP contribution in [0, 0.1) is 11.8 Å². The zero-order valence-corrected chi connectivity index (χ0v) is 13.2. The van der Waals surface area contributed by atoms with Gasteiger partial charge >= 0.3 is 0 Å². The third-order valence-electron chi connectivity index (χ3n) is 4.20. The molecule has 0 spiro atoms. The second kappa shape index (κ2) is 5.20. The predicted octanol–water partition coefficient (Wildman–Crippen LogP) is 4.28. The van der Waals surface area contributed by atoms with E-state index in [1.165, 1.54) is 17.8 Å². The molecule has 18 heavy (non-hydrogen) atoms. The number of allylic oxidation sites excluding steroid dienone is 2. The lowest BCUT2D eigenvalue weighted by molar-refractivity contribution is -0.125. The van der Waals surface area contributed by atoms with Crippen LogP contribution in [-0.2, 0) is 9.22 Å². The van der Waals surface area contributed by atoms with Crippen LogP contribution in [0.25, 0.3) is 0 Å². The number of hydrogen-bond donors (Lipinski definition) is 0. The van der Waals surface area contributed by atoms with Gasteiger partial charge in [0.25, 0.3) is 0 Å². The van der Waals surface area contributed by atoms with Gasteiger partial charge in [-0.05, 0) is 57.3 Å². The van der Waals surface area contributed by atoms with Crippen LogP contribution in [0.5, 0.6) is 0 Å². The van der Waals surface area contributed by atoms with Gasteiger partial charge in [-0.3, -0.25) is 4.79 Å². The highest BCUT2D eigenvalue weighted by atomic mass is 28.4. The number of hydrogen-bond acceptors (Lipinski definition) is 2. The van der Waals surface area contributed by atoms with Gasteiger partial charge in [0, 0.05) is 18.8 Å². The normalized spacial score (nSPS) is 29.9. The molecule has 2 atom stereocenters. The van der Waals surface area contributed by atoms with Crippen molar-refractivity contribution < 1.29 is 9.22 Å². The van der Waals surface area contributed by atoms with Crippen LogP contribution in [-0.4, -0.2) is 14.1 Å². The Labute approximate surface area is 112 Å². The quantitative estimate of drug-likeness (QED) is 0.713. The van der Waals surface area contributed by atoms with Crippen LogP contribution in [0.3, 0.4) is 0 Å². The Balaban J connectivity index is 2.09. The van der Waals surface area contributed by atoms with Gasteiger partial charge in [0.05, 0.1) is 5.76 Å². The van der Waals surface area contributed by atoms with E-state index in [4.69, 9.17) is 4.43 Å². The first-order chi connectivity index (χ1) is 8.38. The Hall–Kier alpha value is -0.573. The average molecular weight is 266 g/mol. The molecule has 1 fully saturated rings. The van der Waals surface area contributed by atoms with Gasteiger partial charge in [0.15, 0.2) is 0 Å². The zero-order chi connectivity index (χ0) is 13.3. The summed E-state index contributed by atoms with van der Waals surface area (Å²) in [6.45, 7) is 8.88. The molecule has 0 aliphatic heterocycles. The van der Waals surface area contributed by atoms with Gasteiger partial charge in [-0.2, -0.15) is 0 Å². The van der Waals surface area contributed by atoms with E-state index in [9.17, 15) is 4.79 Å². The van der Waals surface area contributed by atoms with E-state index in [2.05, 4.69) is 26.6 Å². The Bertz CT molecular complexity index is 365. The molecule has 2 rings (SSSR count). The number of Topliss-reactive ketones (excluding diaryl/α,β-unsaturated/α-hetero) is 1. The van der Waals surface area contributed by atoms with Crippen LogP contribution in [0.2, 0.25) is 19.6 Å². The van der Waals surface area contributed by atoms with Crippen molar-refractivity contribution in [3.8, 4) is 0 Å². The molecule has 0 amide bonds. The van der Waals surface area contributed by atoms with Crippen molar-refractivity contribution in [2.45, 2.75) is 65.1 Å². The first-order valence-electron chi connectivity index (χ1n) is 7.30. The van der Waals surface area contributed by atoms with Crippen molar-refractivity contribution >= 4 is 14.1 Å². The highest BCUT2D eigenvalue weighted by Crippen LogP contribution is 2.42. The molecule has 3 heteroatoms. The number of carbonyl (C=O) groups excluding carboxylic acids is 1. The highest BCUT2D eigenvalue weighted by Gasteiger charge is 2.36. The summed E-state index contributed by atoms with van der Waals surface area (Å²) in [6, 6.07) is 0. The molecule has 2 nitrogen and oxygen atoms in total. The standard InChI is InChI=1S/C15H26O2Si/c1-11-12(13-7-5-6-8-14(13)16)9-10-15(11)17-18(2,3)4/h12-13H,5-10H2,1-4H3/t12-,13+/m1/s1. The smallest absolute Gasteiger partial charge is 0.241 e. The molecular formula is C15H26O2Si. The fourth-order valence-electron chi connectivity index (χ4n) is 3.35. The molecule has 0 N–H and O–H groups in total. The maximum Gasteiger partial charge on any atom is 0.241 e. The summed E-state index contributed by atoms with van der Waals surface area (Å²) < 4.78 is 6.17. The van der Waals surface area contributed by atoms with E-state index >= 15 is 0 Å². The first kappa shape index (κ1) is 13.8. The van der Waals surface area contributed by atoms with E-state index in [0.717, 1.165) is 32.1 Å². The van der Waals surface area contributed by atoms with Crippen molar-refractivity contribution in [3.63, 3.8) is 0 Å². The van der Waals surface area contributed by atoms with Crippen molar-refractivity contribution in [2.24, 2.45) is 11.8 Å². The number of rotatable bonds is 3. The summed E-state index contributed by atoms with van der Waals surface area (Å²) in [6.07, 6.45) is 6.40. The lowest BCUT2D eigenvalue weighted by Crippen LogP contribution is -2.27. The summed E-state index contributed by atoms with van der Waals surface area (Å²) in [5.41, 5.74) is 1.37. The first-order valence-corrected chi connectivity index (χ1v) is 10.7. The van der Waals surface area contributed by atoms with Crippen molar-refractivity contribution in [2.75, 3.05) is 0 Å². The molecule has 0 saturated heterocycles. The van der Waals surface area contributed by atoms with Gasteiger partial charge < -0.3 is 4.43 Å². The molecule has 0 unspecified atom stereocenters. The second-order valence-electron chi connectivity index (χ2n) is 6.78. The van der Waals surface area contributed by atoms with Crippen molar-refractivity contribution in [1.82, 2.24) is 0 Å². The lowest BCUT2D eigenvalue weighted by Gasteiger charge is -2.27. The summed E-state index contributed by atoms with van der Waals surface area (Å²) in [4.78, 5) is 12.1. The maximum absolute atomic E-state index is 12.1. The fraction of sp³-hybridized carbons (Fsp3) is 0.800. The number of ketones is 1. The summed E-state index contributed by atoms with van der Waals surface area (Å²) in [5.74, 6) is 2.48. The van der Waals surface area contributed by atoms with E-state index in [1.54, 1.807) is 0 Å². The molecule has 2 aliphatic carbocycles. The largest absolute Gasteiger partial charge is 0.547 e. The highest BCUT2D eigenvalue weighted by molar-refractivity contribution is 6.70. The molecule has 0 aromatic heterocycles. The van der Waals surface area contributed by atoms with E-state index in [1.807, 2.05) is 0 Å². The van der Waals surface area contributed by atoms with Crippen molar-refractivity contribution in [1.29, 1.82) is 0 Å². The van der Waals surface area contributed by atoms with E-state index in [-0.39, 0.29) is 0 Å². The minimum absolute atomic E-state index is 0.293. The number of carbonyl (C=O) groups is 1. The van der Waals surface area contributed by atoms with Gasteiger partial charge in [-0.1, -0.05) is 6.42 Å². The Morgan fingerprint density at radius 1 is 1.06 bits per heavy atom. The molecule has 0 heterocycles. The van der Waals surface area contributed by atoms with E-state index in [0.29, 0.717) is 17.6 Å². The summed E-state index contributed by atoms with van der Waals surface area (Å²) >= 11 is 0. The Morgan fingerprint density at radius 2 is 1.78 bits per heavy atom. The van der Waals surface area contributed by atoms with Crippen LogP contribution in [0.1, 0.15) is 45.4 Å². The molecule has 2 aliphatic rings. The molecule has 1 saturated carbocycles. The van der Waals surface area contributed by atoms with Gasteiger partial charge in [0.1, 0.15) is 5.78 Å². The minimum atomic E-state index is -1.50. The summed E-state index contributed by atoms with van der Waals surface area (Å²) in [5, 5.41) is 0. The molecular weight excluding hydrogens is 240 g/mol. The third kappa shape index (κ3) is 3.05. The van der Waals surface area contributed by atoms with Crippen LogP contribution in [0.4, 0.5) is 0 Å². The van der Waals surface area contributed by atoms with Gasteiger partial charge in [-0.15, -0.1) is 0 Å². The van der Waals surface area contributed by atoms with Crippen LogP contribution in [0.15, 0.2) is 11.3 Å². The van der Waals surface area contributed by atoms with Gasteiger partial charge in [0.2, 0.25) is 8.32 Å². The van der Waals surface area contributed by atoms with E-state index < -0.39 is 8.32 Å². The predicted molar refractivity (Wildman–Crippen MR) is 76.8 cm³/mol. The van der Waals surface area contributed by atoms with Crippen molar-refractivity contribution in [3.05, 3.63) is 11.3 Å². The van der Waals surface area contributed by atoms with Gasteiger partial charge in [-0.25, -0.2) is 0 Å². The summed E-state index contributed by atoms with van der Waals surface area (Å²) in [7, 11) is -1.50. The maximum atomic E-state index is 12.1. The molecule has 0 aromatic rings. The molecule has 0 bridgehead atoms. The topological polar surface area (TPSA) is 26.3 Å². The third-order valence-corrected chi connectivity index (χ3v) is 5.05. The monoisotopic (exact) mass is 266 g/mol.